The van der Waals surface area contributed by atoms with Crippen molar-refractivity contribution in [2.75, 3.05) is 11.9 Å². The molecule has 2 aromatic rings. The Morgan fingerprint density at radius 2 is 1.72 bits per heavy atom. The van der Waals surface area contributed by atoms with Crippen molar-refractivity contribution >= 4 is 23.5 Å². The van der Waals surface area contributed by atoms with Crippen molar-refractivity contribution in [3.8, 4) is 0 Å². The number of esters is 1. The fraction of sp³-hybridized carbons (Fsp3) is 0.100. The number of carbonyl (C=O) groups excluding carboxylic acids is 2. The second-order valence-electron chi connectivity index (χ2n) is 5.27. The van der Waals surface area contributed by atoms with Crippen LogP contribution in [0.5, 0.6) is 0 Å². The normalized spacial score (nSPS) is 15.2. The maximum atomic E-state index is 12.6. The number of Topliss-reactive ketones (excluding diaryl/α,β-unsaturated/α-hetero) is 1. The summed E-state index contributed by atoms with van der Waals surface area (Å²) in [5.41, 5.74) is 1.37. The van der Waals surface area contributed by atoms with Crippen LogP contribution in [0.15, 0.2) is 77.9 Å². The van der Waals surface area contributed by atoms with E-state index in [1.165, 1.54) is 0 Å². The van der Waals surface area contributed by atoms with Crippen molar-refractivity contribution < 1.29 is 19.1 Å². The SMILES string of the molecule is CCOC(=O)C1=C(Nc2ccccc2)O/C(=C\c2ccccc2)C1=O. The van der Waals surface area contributed by atoms with E-state index < -0.39 is 11.8 Å². The van der Waals surface area contributed by atoms with Crippen LogP contribution in [0.3, 0.4) is 0 Å². The molecule has 3 rings (SSSR count). The third kappa shape index (κ3) is 3.77. The number of ketones is 1. The Morgan fingerprint density at radius 1 is 1.08 bits per heavy atom. The summed E-state index contributed by atoms with van der Waals surface area (Å²) < 4.78 is 10.6. The van der Waals surface area contributed by atoms with Crippen LogP contribution in [0.4, 0.5) is 5.69 Å². The Kier molecular flexibility index (Phi) is 4.95. The molecular formula is C20H17NO4. The zero-order valence-corrected chi connectivity index (χ0v) is 13.7. The van der Waals surface area contributed by atoms with Gasteiger partial charge in [-0.05, 0) is 30.7 Å². The largest absolute Gasteiger partial charge is 0.462 e. The molecule has 0 radical (unpaired) electrons. The van der Waals surface area contributed by atoms with Crippen LogP contribution in [0, 0.1) is 0 Å². The van der Waals surface area contributed by atoms with Crippen molar-refractivity contribution in [2.24, 2.45) is 0 Å². The molecule has 0 spiro atoms. The number of hydrogen-bond acceptors (Lipinski definition) is 5. The van der Waals surface area contributed by atoms with Gasteiger partial charge in [0.2, 0.25) is 11.7 Å². The maximum absolute atomic E-state index is 12.6. The molecular weight excluding hydrogens is 318 g/mol. The number of ether oxygens (including phenoxy) is 2. The minimum Gasteiger partial charge on any atom is -0.462 e. The van der Waals surface area contributed by atoms with Crippen LogP contribution in [-0.2, 0) is 19.1 Å². The Morgan fingerprint density at radius 3 is 2.36 bits per heavy atom. The van der Waals surface area contributed by atoms with E-state index in [0.29, 0.717) is 5.69 Å². The minimum absolute atomic E-state index is 0.0766. The summed E-state index contributed by atoms with van der Waals surface area (Å²) in [6.07, 6.45) is 1.60. The van der Waals surface area contributed by atoms with Crippen molar-refractivity contribution in [1.82, 2.24) is 0 Å². The van der Waals surface area contributed by atoms with Gasteiger partial charge in [0.05, 0.1) is 6.61 Å². The lowest BCUT2D eigenvalue weighted by Gasteiger charge is -2.08. The zero-order valence-electron chi connectivity index (χ0n) is 13.7. The van der Waals surface area contributed by atoms with Crippen molar-refractivity contribution in [3.63, 3.8) is 0 Å². The fourth-order valence-corrected chi connectivity index (χ4v) is 2.36. The molecule has 0 amide bonds. The Bertz CT molecular complexity index is 839. The maximum Gasteiger partial charge on any atom is 0.347 e. The lowest BCUT2D eigenvalue weighted by Crippen LogP contribution is -2.16. The Balaban J connectivity index is 1.93. The van der Waals surface area contributed by atoms with Crippen LogP contribution < -0.4 is 5.32 Å². The highest BCUT2D eigenvalue weighted by Gasteiger charge is 2.36. The number of rotatable bonds is 5. The number of allylic oxidation sites excluding steroid dienone is 1. The molecule has 0 saturated carbocycles. The predicted octanol–water partition coefficient (Wildman–Crippen LogP) is 3.51. The standard InChI is InChI=1S/C20H17NO4/c1-2-24-20(23)17-18(22)16(13-14-9-5-3-6-10-14)25-19(17)21-15-11-7-4-8-12-15/h3-13,21H,2H2,1H3/b16-13-. The van der Waals surface area contributed by atoms with Gasteiger partial charge in [-0.2, -0.15) is 0 Å². The molecule has 0 atom stereocenters. The van der Waals surface area contributed by atoms with Gasteiger partial charge < -0.3 is 14.8 Å². The molecule has 0 bridgehead atoms. The van der Waals surface area contributed by atoms with Crippen LogP contribution >= 0.6 is 0 Å². The van der Waals surface area contributed by atoms with Gasteiger partial charge in [-0.25, -0.2) is 4.79 Å². The van der Waals surface area contributed by atoms with E-state index in [4.69, 9.17) is 9.47 Å². The fourth-order valence-electron chi connectivity index (χ4n) is 2.36. The molecule has 1 aliphatic heterocycles. The van der Waals surface area contributed by atoms with Gasteiger partial charge in [0.15, 0.2) is 11.3 Å². The highest BCUT2D eigenvalue weighted by Crippen LogP contribution is 2.28. The lowest BCUT2D eigenvalue weighted by atomic mass is 10.1. The van der Waals surface area contributed by atoms with Crippen LogP contribution in [0.2, 0.25) is 0 Å². The summed E-state index contributed by atoms with van der Waals surface area (Å²) in [7, 11) is 0. The van der Waals surface area contributed by atoms with E-state index in [1.807, 2.05) is 60.7 Å². The topological polar surface area (TPSA) is 64.6 Å². The summed E-state index contributed by atoms with van der Waals surface area (Å²) >= 11 is 0. The van der Waals surface area contributed by atoms with Crippen LogP contribution in [0.25, 0.3) is 6.08 Å². The zero-order chi connectivity index (χ0) is 17.6. The number of anilines is 1. The summed E-state index contributed by atoms with van der Waals surface area (Å²) in [5, 5.41) is 2.97. The van der Waals surface area contributed by atoms with Crippen LogP contribution in [-0.4, -0.2) is 18.4 Å². The monoisotopic (exact) mass is 335 g/mol. The molecule has 5 nitrogen and oxygen atoms in total. The molecule has 5 heteroatoms. The highest BCUT2D eigenvalue weighted by molar-refractivity contribution is 6.26. The average Bonchev–Trinajstić information content (AvgIpc) is 2.92. The molecule has 1 aliphatic rings. The van der Waals surface area contributed by atoms with E-state index in [2.05, 4.69) is 5.32 Å². The second-order valence-corrected chi connectivity index (χ2v) is 5.27. The van der Waals surface area contributed by atoms with Gasteiger partial charge in [0, 0.05) is 5.69 Å². The molecule has 0 unspecified atom stereocenters. The molecule has 1 heterocycles. The van der Waals surface area contributed by atoms with Crippen molar-refractivity contribution in [1.29, 1.82) is 0 Å². The van der Waals surface area contributed by atoms with Crippen LogP contribution in [0.1, 0.15) is 12.5 Å². The molecule has 0 aromatic heterocycles. The molecule has 0 fully saturated rings. The van der Waals surface area contributed by atoms with E-state index in [-0.39, 0.29) is 23.8 Å². The third-order valence-electron chi connectivity index (χ3n) is 3.50. The first kappa shape index (κ1) is 16.5. The first-order valence-corrected chi connectivity index (χ1v) is 7.92. The number of para-hydroxylation sites is 1. The molecule has 25 heavy (non-hydrogen) atoms. The van der Waals surface area contributed by atoms with Gasteiger partial charge in [-0.3, -0.25) is 4.79 Å². The van der Waals surface area contributed by atoms with Gasteiger partial charge in [-0.1, -0.05) is 48.5 Å². The first-order chi connectivity index (χ1) is 12.2. The van der Waals surface area contributed by atoms with E-state index in [1.54, 1.807) is 13.0 Å². The van der Waals surface area contributed by atoms with Gasteiger partial charge in [0.1, 0.15) is 0 Å². The molecule has 126 valence electrons. The van der Waals surface area contributed by atoms with Gasteiger partial charge in [-0.15, -0.1) is 0 Å². The number of nitrogens with one attached hydrogen (secondary N) is 1. The Labute approximate surface area is 145 Å². The van der Waals surface area contributed by atoms with Gasteiger partial charge in [0.25, 0.3) is 0 Å². The van der Waals surface area contributed by atoms with E-state index >= 15 is 0 Å². The minimum atomic E-state index is -0.706. The van der Waals surface area contributed by atoms with E-state index in [0.717, 1.165) is 5.56 Å². The average molecular weight is 335 g/mol. The Hall–Kier alpha value is -3.34. The first-order valence-electron chi connectivity index (χ1n) is 7.92. The highest BCUT2D eigenvalue weighted by atomic mass is 16.5. The molecule has 1 N–H and O–H groups in total. The third-order valence-corrected chi connectivity index (χ3v) is 3.50. The summed E-state index contributed by atoms with van der Waals surface area (Å²) in [5.74, 6) is -1.05. The predicted molar refractivity (Wildman–Crippen MR) is 94.2 cm³/mol. The number of hydrogen-bond donors (Lipinski definition) is 1. The second kappa shape index (κ2) is 7.49. The molecule has 2 aromatic carbocycles. The summed E-state index contributed by atoms with van der Waals surface area (Å²) in [4.78, 5) is 24.8. The number of benzene rings is 2. The molecule has 0 aliphatic carbocycles. The quantitative estimate of drug-likeness (QED) is 0.514. The van der Waals surface area contributed by atoms with Gasteiger partial charge >= 0.3 is 5.97 Å². The van der Waals surface area contributed by atoms with E-state index in [9.17, 15) is 9.59 Å². The summed E-state index contributed by atoms with van der Waals surface area (Å²) in [6.45, 7) is 1.86. The smallest absolute Gasteiger partial charge is 0.347 e. The summed E-state index contributed by atoms with van der Waals surface area (Å²) in [6, 6.07) is 18.4. The lowest BCUT2D eigenvalue weighted by molar-refractivity contribution is -0.139. The van der Waals surface area contributed by atoms with Crippen molar-refractivity contribution in [3.05, 3.63) is 83.4 Å². The molecule has 0 saturated heterocycles. The number of carbonyl (C=O) groups is 2. The van der Waals surface area contributed by atoms with Crippen molar-refractivity contribution in [2.45, 2.75) is 6.92 Å².